The maximum atomic E-state index is 12.7. The molecule has 1 aromatic carbocycles. The number of nitro groups is 1. The monoisotopic (exact) mass is 349 g/mol. The molecule has 1 atom stereocenters. The Hall–Kier alpha value is -1.22. The van der Waals surface area contributed by atoms with Crippen molar-refractivity contribution in [3.63, 3.8) is 0 Å². The van der Waals surface area contributed by atoms with Gasteiger partial charge in [0.25, 0.3) is 5.69 Å². The zero-order valence-corrected chi connectivity index (χ0v) is 13.9. The quantitative estimate of drug-likeness (QED) is 0.659. The lowest BCUT2D eigenvalue weighted by Gasteiger charge is -2.33. The number of nitro benzene ring substituents is 1. The number of nitrogens with zero attached hydrogens (tertiary/aromatic N) is 2. The minimum Gasteiger partial charge on any atom is -0.329 e. The summed E-state index contributed by atoms with van der Waals surface area (Å²) in [6.45, 7) is 2.26. The number of halogens is 1. The number of rotatable bonds is 4. The Labute approximate surface area is 136 Å². The van der Waals surface area contributed by atoms with Crippen LogP contribution in [0.25, 0.3) is 0 Å². The standard InChI is InChI=1S/C13H19N3O4S.ClH/c1-10-8-12(5-6-13(10)16(17)18)21(19,20)15-7-3-2-4-11(15)9-14;/h5-6,8,11H,2-4,7,9,14H2,1H3;1H. The van der Waals surface area contributed by atoms with Gasteiger partial charge in [-0.15, -0.1) is 12.4 Å². The van der Waals surface area contributed by atoms with Crippen molar-refractivity contribution in [2.45, 2.75) is 37.1 Å². The predicted molar refractivity (Wildman–Crippen MR) is 85.7 cm³/mol. The van der Waals surface area contributed by atoms with E-state index in [4.69, 9.17) is 5.73 Å². The number of nitrogens with two attached hydrogens (primary N) is 1. The van der Waals surface area contributed by atoms with E-state index in [0.29, 0.717) is 12.1 Å². The largest absolute Gasteiger partial charge is 0.329 e. The highest BCUT2D eigenvalue weighted by molar-refractivity contribution is 7.89. The molecular weight excluding hydrogens is 330 g/mol. The first-order chi connectivity index (χ1) is 9.87. The van der Waals surface area contributed by atoms with E-state index in [9.17, 15) is 18.5 Å². The van der Waals surface area contributed by atoms with E-state index in [-0.39, 0.29) is 35.6 Å². The molecule has 1 aliphatic heterocycles. The summed E-state index contributed by atoms with van der Waals surface area (Å²) < 4.78 is 26.8. The van der Waals surface area contributed by atoms with Crippen molar-refractivity contribution in [1.29, 1.82) is 0 Å². The lowest BCUT2D eigenvalue weighted by atomic mass is 10.1. The average Bonchev–Trinajstić information content (AvgIpc) is 2.46. The third kappa shape index (κ3) is 3.57. The van der Waals surface area contributed by atoms with Gasteiger partial charge in [-0.05, 0) is 31.9 Å². The van der Waals surface area contributed by atoms with Gasteiger partial charge in [-0.2, -0.15) is 4.31 Å². The van der Waals surface area contributed by atoms with E-state index in [1.807, 2.05) is 0 Å². The van der Waals surface area contributed by atoms with Crippen molar-refractivity contribution in [1.82, 2.24) is 4.31 Å². The van der Waals surface area contributed by atoms with Crippen molar-refractivity contribution in [3.05, 3.63) is 33.9 Å². The van der Waals surface area contributed by atoms with E-state index in [1.54, 1.807) is 0 Å². The molecule has 0 bridgehead atoms. The number of piperidine rings is 1. The highest BCUT2D eigenvalue weighted by Gasteiger charge is 2.33. The molecule has 7 nitrogen and oxygen atoms in total. The van der Waals surface area contributed by atoms with Gasteiger partial charge in [-0.1, -0.05) is 6.42 Å². The third-order valence-corrected chi connectivity index (χ3v) is 5.76. The normalized spacial score (nSPS) is 19.5. The van der Waals surface area contributed by atoms with E-state index in [1.165, 1.54) is 29.4 Å². The fourth-order valence-electron chi connectivity index (χ4n) is 2.65. The molecule has 1 aliphatic rings. The smallest absolute Gasteiger partial charge is 0.272 e. The fourth-order valence-corrected chi connectivity index (χ4v) is 4.44. The van der Waals surface area contributed by atoms with Crippen molar-refractivity contribution in [3.8, 4) is 0 Å². The second-order valence-electron chi connectivity index (χ2n) is 5.21. The molecule has 1 fully saturated rings. The summed E-state index contributed by atoms with van der Waals surface area (Å²) in [6.07, 6.45) is 2.52. The Morgan fingerprint density at radius 3 is 2.64 bits per heavy atom. The Bertz CT molecular complexity index is 651. The Morgan fingerprint density at radius 2 is 2.09 bits per heavy atom. The summed E-state index contributed by atoms with van der Waals surface area (Å²) in [5.74, 6) is 0. The van der Waals surface area contributed by atoms with Gasteiger partial charge in [0, 0.05) is 30.8 Å². The van der Waals surface area contributed by atoms with Crippen LogP contribution >= 0.6 is 12.4 Å². The van der Waals surface area contributed by atoms with Crippen LogP contribution in [0.15, 0.2) is 23.1 Å². The summed E-state index contributed by atoms with van der Waals surface area (Å²) in [6, 6.07) is 3.70. The van der Waals surface area contributed by atoms with Crippen LogP contribution in [0.1, 0.15) is 24.8 Å². The summed E-state index contributed by atoms with van der Waals surface area (Å²) in [5.41, 5.74) is 5.92. The molecule has 0 saturated carbocycles. The van der Waals surface area contributed by atoms with Gasteiger partial charge in [0.05, 0.1) is 9.82 Å². The molecule has 0 spiro atoms. The second kappa shape index (κ2) is 7.36. The minimum absolute atomic E-state index is 0. The summed E-state index contributed by atoms with van der Waals surface area (Å²) >= 11 is 0. The Balaban J connectivity index is 0.00000242. The highest BCUT2D eigenvalue weighted by Crippen LogP contribution is 2.27. The van der Waals surface area contributed by atoms with Crippen LogP contribution < -0.4 is 5.73 Å². The van der Waals surface area contributed by atoms with E-state index in [0.717, 1.165) is 19.3 Å². The summed E-state index contributed by atoms with van der Waals surface area (Å²) in [7, 11) is -3.66. The zero-order valence-electron chi connectivity index (χ0n) is 12.3. The van der Waals surface area contributed by atoms with Crippen LogP contribution in [0, 0.1) is 17.0 Å². The van der Waals surface area contributed by atoms with Gasteiger partial charge in [-0.25, -0.2) is 8.42 Å². The molecule has 124 valence electrons. The first-order valence-electron chi connectivity index (χ1n) is 6.85. The molecule has 0 aliphatic carbocycles. The molecule has 2 N–H and O–H groups in total. The van der Waals surface area contributed by atoms with Gasteiger partial charge >= 0.3 is 0 Å². The van der Waals surface area contributed by atoms with Crippen LogP contribution in [-0.4, -0.2) is 36.8 Å². The van der Waals surface area contributed by atoms with Crippen LogP contribution in [-0.2, 0) is 10.0 Å². The van der Waals surface area contributed by atoms with Gasteiger partial charge < -0.3 is 5.73 Å². The Kier molecular flexibility index (Phi) is 6.30. The van der Waals surface area contributed by atoms with Gasteiger partial charge in [0.2, 0.25) is 10.0 Å². The molecule has 0 aromatic heterocycles. The van der Waals surface area contributed by atoms with Crippen LogP contribution in [0.2, 0.25) is 0 Å². The maximum Gasteiger partial charge on any atom is 0.272 e. The molecule has 2 rings (SSSR count). The van der Waals surface area contributed by atoms with E-state index in [2.05, 4.69) is 0 Å². The van der Waals surface area contributed by atoms with Crippen molar-refractivity contribution in [2.75, 3.05) is 13.1 Å². The summed E-state index contributed by atoms with van der Waals surface area (Å²) in [4.78, 5) is 10.4. The molecule has 1 heterocycles. The maximum absolute atomic E-state index is 12.7. The highest BCUT2D eigenvalue weighted by atomic mass is 35.5. The van der Waals surface area contributed by atoms with Crippen molar-refractivity contribution >= 4 is 28.1 Å². The third-order valence-electron chi connectivity index (χ3n) is 3.82. The molecule has 1 unspecified atom stereocenters. The number of aryl methyl sites for hydroxylation is 1. The molecule has 1 aromatic rings. The number of hydrogen-bond donors (Lipinski definition) is 1. The topological polar surface area (TPSA) is 107 Å². The van der Waals surface area contributed by atoms with Crippen LogP contribution in [0.4, 0.5) is 5.69 Å². The number of benzene rings is 1. The summed E-state index contributed by atoms with van der Waals surface area (Å²) in [5, 5.41) is 10.8. The molecule has 0 amide bonds. The van der Waals surface area contributed by atoms with Crippen LogP contribution in [0.3, 0.4) is 0 Å². The molecule has 9 heteroatoms. The first kappa shape index (κ1) is 18.8. The first-order valence-corrected chi connectivity index (χ1v) is 8.29. The van der Waals surface area contributed by atoms with Gasteiger partial charge in [-0.3, -0.25) is 10.1 Å². The SMILES string of the molecule is Cc1cc(S(=O)(=O)N2CCCCC2CN)ccc1[N+](=O)[O-].Cl. The average molecular weight is 350 g/mol. The number of sulfonamides is 1. The number of hydrogen-bond acceptors (Lipinski definition) is 5. The molecule has 1 saturated heterocycles. The van der Waals surface area contributed by atoms with Crippen LogP contribution in [0.5, 0.6) is 0 Å². The van der Waals surface area contributed by atoms with E-state index >= 15 is 0 Å². The molecular formula is C13H20ClN3O4S. The zero-order chi connectivity index (χ0) is 15.6. The van der Waals surface area contributed by atoms with Crippen molar-refractivity contribution in [2.24, 2.45) is 5.73 Å². The fraction of sp³-hybridized carbons (Fsp3) is 0.538. The minimum atomic E-state index is -3.66. The van der Waals surface area contributed by atoms with Crippen molar-refractivity contribution < 1.29 is 13.3 Å². The predicted octanol–water partition coefficient (Wildman–Crippen LogP) is 1.83. The molecule has 22 heavy (non-hydrogen) atoms. The lowest BCUT2D eigenvalue weighted by molar-refractivity contribution is -0.385. The Morgan fingerprint density at radius 1 is 1.41 bits per heavy atom. The van der Waals surface area contributed by atoms with E-state index < -0.39 is 14.9 Å². The lowest BCUT2D eigenvalue weighted by Crippen LogP contribution is -2.47. The van der Waals surface area contributed by atoms with Gasteiger partial charge in [0.1, 0.15) is 0 Å². The molecule has 0 radical (unpaired) electrons. The van der Waals surface area contributed by atoms with Gasteiger partial charge in [0.15, 0.2) is 0 Å². The second-order valence-corrected chi connectivity index (χ2v) is 7.10.